The lowest BCUT2D eigenvalue weighted by atomic mass is 11.3. The molecule has 0 nitrogen and oxygen atoms in total. The molecule has 0 aromatic carbocycles. The van der Waals surface area contributed by atoms with E-state index in [-0.39, 0.29) is 0 Å². The quantitative estimate of drug-likeness (QED) is 0.437. The summed E-state index contributed by atoms with van der Waals surface area (Å²) in [6.45, 7) is 6.00. The molecule has 0 aromatic heterocycles. The van der Waals surface area contributed by atoms with Gasteiger partial charge >= 0.3 is 0 Å². The van der Waals surface area contributed by atoms with Crippen LogP contribution < -0.4 is 0 Å². The molecule has 0 heterocycles. The van der Waals surface area contributed by atoms with Gasteiger partial charge in [-0.25, -0.2) is 0 Å². The fraction of sp³-hybridized carbons (Fsp3) is 0.500. The van der Waals surface area contributed by atoms with Crippen LogP contribution in [0.1, 0.15) is 0 Å². The van der Waals surface area contributed by atoms with Crippen molar-refractivity contribution < 1.29 is 0 Å². The molecule has 0 amide bonds. The Kier molecular flexibility index (Phi) is 29.5. The lowest BCUT2D eigenvalue weighted by Crippen LogP contribution is -1.55. The normalized spacial score (nSPS) is 7.60. The van der Waals surface area contributed by atoms with Crippen LogP contribution in [0.5, 0.6) is 0 Å². The minimum absolute atomic E-state index is 0.750. The summed E-state index contributed by atoms with van der Waals surface area (Å²) in [5.74, 6) is 0. The molecule has 64 valence electrons. The van der Waals surface area contributed by atoms with Gasteiger partial charge in [0.1, 0.15) is 0 Å². The SMILES string of the molecule is C=C.ClC(Cl)Cl.ClC(Cl)Cl. The Morgan fingerprint density at radius 2 is 0.600 bits per heavy atom. The van der Waals surface area contributed by atoms with E-state index < -0.39 is 8.59 Å². The summed E-state index contributed by atoms with van der Waals surface area (Å²) in [5, 5.41) is 0. The summed E-state index contributed by atoms with van der Waals surface area (Å²) in [4.78, 5) is 0. The number of rotatable bonds is 0. The smallest absolute Gasteiger partial charge is 0.106 e. The Morgan fingerprint density at radius 3 is 0.600 bits per heavy atom. The van der Waals surface area contributed by atoms with Gasteiger partial charge in [0.2, 0.25) is 0 Å². The van der Waals surface area contributed by atoms with Gasteiger partial charge in [-0.2, -0.15) is 0 Å². The largest absolute Gasteiger partial charge is 0.180 e. The molecule has 0 unspecified atom stereocenters. The fourth-order valence-corrected chi connectivity index (χ4v) is 0. The topological polar surface area (TPSA) is 0 Å². The van der Waals surface area contributed by atoms with Crippen LogP contribution in [0.4, 0.5) is 0 Å². The Labute approximate surface area is 91.0 Å². The molecule has 0 atom stereocenters. The standard InChI is InChI=1S/C2H4.2CHCl3/c1-2;2*2-1(3)4/h1-2H2;2*1H. The monoisotopic (exact) mass is 264 g/mol. The summed E-state index contributed by atoms with van der Waals surface area (Å²) in [5.41, 5.74) is 0. The van der Waals surface area contributed by atoms with Crippen molar-refractivity contribution >= 4 is 69.6 Å². The summed E-state index contributed by atoms with van der Waals surface area (Å²) in [6.07, 6.45) is 0. The first-order valence-electron chi connectivity index (χ1n) is 1.81. The van der Waals surface area contributed by atoms with E-state index >= 15 is 0 Å². The van der Waals surface area contributed by atoms with Crippen LogP contribution in [0.15, 0.2) is 13.2 Å². The Bertz CT molecular complexity index is 33.5. The van der Waals surface area contributed by atoms with Gasteiger partial charge < -0.3 is 0 Å². The summed E-state index contributed by atoms with van der Waals surface area (Å²) in [7, 11) is 0. The Balaban J connectivity index is -0.0000000787. The van der Waals surface area contributed by atoms with Crippen molar-refractivity contribution in [1.82, 2.24) is 0 Å². The van der Waals surface area contributed by atoms with Crippen molar-refractivity contribution in [1.29, 1.82) is 0 Å². The van der Waals surface area contributed by atoms with Crippen LogP contribution in [-0.2, 0) is 0 Å². The zero-order valence-electron chi connectivity index (χ0n) is 4.84. The van der Waals surface area contributed by atoms with Gasteiger partial charge in [0, 0.05) is 0 Å². The Morgan fingerprint density at radius 1 is 0.600 bits per heavy atom. The second-order valence-corrected chi connectivity index (χ2v) is 4.45. The second kappa shape index (κ2) is 16.8. The maximum absolute atomic E-state index is 4.81. The first-order valence-corrected chi connectivity index (χ1v) is 4.43. The molecule has 10 heavy (non-hydrogen) atoms. The zero-order chi connectivity index (χ0) is 9.15. The minimum Gasteiger partial charge on any atom is -0.106 e. The van der Waals surface area contributed by atoms with E-state index in [4.69, 9.17) is 69.6 Å². The van der Waals surface area contributed by atoms with E-state index in [1.54, 1.807) is 0 Å². The average Bonchev–Trinajstić information content (AvgIpc) is 1.66. The summed E-state index contributed by atoms with van der Waals surface area (Å²) < 4.78 is -1.50. The van der Waals surface area contributed by atoms with Gasteiger partial charge in [0.25, 0.3) is 0 Å². The number of alkyl halides is 6. The molecule has 0 aliphatic heterocycles. The van der Waals surface area contributed by atoms with Crippen molar-refractivity contribution in [3.63, 3.8) is 0 Å². The lowest BCUT2D eigenvalue weighted by molar-refractivity contribution is 1.96. The van der Waals surface area contributed by atoms with Crippen LogP contribution in [0, 0.1) is 0 Å². The van der Waals surface area contributed by atoms with Gasteiger partial charge in [-0.1, -0.05) is 69.6 Å². The van der Waals surface area contributed by atoms with Crippen molar-refractivity contribution in [3.05, 3.63) is 13.2 Å². The third-order valence-corrected chi connectivity index (χ3v) is 0. The van der Waals surface area contributed by atoms with E-state index in [1.165, 1.54) is 0 Å². The molecular formula is C4H6Cl6. The van der Waals surface area contributed by atoms with Crippen molar-refractivity contribution in [2.45, 2.75) is 8.59 Å². The highest BCUT2D eigenvalue weighted by atomic mass is 35.6. The maximum Gasteiger partial charge on any atom is 0.180 e. The zero-order valence-corrected chi connectivity index (χ0v) is 9.37. The molecule has 0 saturated carbocycles. The highest BCUT2D eigenvalue weighted by Gasteiger charge is 1.79. The summed E-state index contributed by atoms with van der Waals surface area (Å²) >= 11 is 28.8. The predicted octanol–water partition coefficient (Wildman–Crippen LogP) is 4.78. The molecule has 0 spiro atoms. The minimum atomic E-state index is -0.750. The molecule has 0 aliphatic carbocycles. The van der Waals surface area contributed by atoms with Gasteiger partial charge in [0.05, 0.1) is 0 Å². The van der Waals surface area contributed by atoms with Gasteiger partial charge in [-0.3, -0.25) is 0 Å². The van der Waals surface area contributed by atoms with E-state index in [0.29, 0.717) is 0 Å². The van der Waals surface area contributed by atoms with Crippen molar-refractivity contribution in [2.24, 2.45) is 0 Å². The molecule has 0 rings (SSSR count). The van der Waals surface area contributed by atoms with E-state index in [0.717, 1.165) is 0 Å². The highest BCUT2D eigenvalue weighted by Crippen LogP contribution is 2.04. The van der Waals surface area contributed by atoms with E-state index in [1.807, 2.05) is 0 Å². The van der Waals surface area contributed by atoms with Gasteiger partial charge in [-0.05, 0) is 0 Å². The fourth-order valence-electron chi connectivity index (χ4n) is 0. The number of hydrogen-bond donors (Lipinski definition) is 0. The molecule has 0 saturated heterocycles. The summed E-state index contributed by atoms with van der Waals surface area (Å²) in [6, 6.07) is 0. The number of hydrogen-bond acceptors (Lipinski definition) is 0. The third-order valence-electron chi connectivity index (χ3n) is 0. The molecular weight excluding hydrogens is 261 g/mol. The van der Waals surface area contributed by atoms with Gasteiger partial charge in [-0.15, -0.1) is 13.2 Å². The first kappa shape index (κ1) is 17.5. The van der Waals surface area contributed by atoms with Crippen molar-refractivity contribution in [2.75, 3.05) is 0 Å². The van der Waals surface area contributed by atoms with Crippen LogP contribution in [0.3, 0.4) is 0 Å². The maximum atomic E-state index is 4.81. The molecule has 0 N–H and O–H groups in total. The highest BCUT2D eigenvalue weighted by molar-refractivity contribution is 6.63. The molecule has 0 aromatic rings. The van der Waals surface area contributed by atoms with E-state index in [9.17, 15) is 0 Å². The molecule has 0 aliphatic rings. The predicted molar refractivity (Wildman–Crippen MR) is 53.9 cm³/mol. The first-order chi connectivity index (χ1) is 4.46. The van der Waals surface area contributed by atoms with Crippen LogP contribution in [0.2, 0.25) is 0 Å². The lowest BCUT2D eigenvalue weighted by Gasteiger charge is -1.69. The molecule has 0 fully saturated rings. The molecule has 0 radical (unpaired) electrons. The average molecular weight is 267 g/mol. The third kappa shape index (κ3) is 311. The van der Waals surface area contributed by atoms with Gasteiger partial charge in [0.15, 0.2) is 8.59 Å². The van der Waals surface area contributed by atoms with Crippen LogP contribution in [0.25, 0.3) is 0 Å². The van der Waals surface area contributed by atoms with Crippen LogP contribution in [-0.4, -0.2) is 8.59 Å². The second-order valence-electron chi connectivity index (χ2n) is 0.495. The molecule has 0 bridgehead atoms. The Hall–Kier alpha value is 1.48. The van der Waals surface area contributed by atoms with Crippen LogP contribution >= 0.6 is 69.6 Å². The number of halogens is 6. The van der Waals surface area contributed by atoms with Crippen molar-refractivity contribution in [3.8, 4) is 0 Å². The molecule has 6 heteroatoms. The van der Waals surface area contributed by atoms with E-state index in [2.05, 4.69) is 13.2 Å².